The third-order valence-electron chi connectivity index (χ3n) is 3.06. The zero-order valence-electron chi connectivity index (χ0n) is 12.5. The van der Waals surface area contributed by atoms with Gasteiger partial charge in [-0.3, -0.25) is 10.1 Å². The van der Waals surface area contributed by atoms with E-state index in [2.05, 4.69) is 10.2 Å². The summed E-state index contributed by atoms with van der Waals surface area (Å²) in [6.45, 7) is 0. The van der Waals surface area contributed by atoms with E-state index in [1.165, 1.54) is 12.1 Å². The van der Waals surface area contributed by atoms with Crippen molar-refractivity contribution >= 4 is 28.7 Å². The molecule has 0 saturated heterocycles. The van der Waals surface area contributed by atoms with Gasteiger partial charge in [-0.25, -0.2) is 4.79 Å². The van der Waals surface area contributed by atoms with Crippen molar-refractivity contribution in [2.45, 2.75) is 0 Å². The topological polar surface area (TPSA) is 108 Å². The number of carbonyl (C=O) groups is 1. The first-order valence-corrected chi connectivity index (χ1v) is 6.59. The molecule has 0 atom stereocenters. The highest BCUT2D eigenvalue weighted by atomic mass is 16.6. The molecule has 0 radical (unpaired) electrons. The van der Waals surface area contributed by atoms with Crippen molar-refractivity contribution in [3.05, 3.63) is 58.1 Å². The van der Waals surface area contributed by atoms with Gasteiger partial charge in [-0.1, -0.05) is 0 Å². The Morgan fingerprint density at radius 2 is 1.78 bits per heavy atom. The van der Waals surface area contributed by atoms with E-state index in [4.69, 9.17) is 5.11 Å². The molecule has 0 fully saturated rings. The lowest BCUT2D eigenvalue weighted by molar-refractivity contribution is -0.384. The lowest BCUT2D eigenvalue weighted by Gasteiger charge is -2.11. The number of carboxylic acids is 1. The predicted molar refractivity (Wildman–Crippen MR) is 85.0 cm³/mol. The fourth-order valence-corrected chi connectivity index (χ4v) is 1.82. The first kappa shape index (κ1) is 16.1. The zero-order valence-corrected chi connectivity index (χ0v) is 12.5. The Bertz CT molecular complexity index is 770. The fourth-order valence-electron chi connectivity index (χ4n) is 1.82. The average Bonchev–Trinajstić information content (AvgIpc) is 2.52. The van der Waals surface area contributed by atoms with Gasteiger partial charge in [-0.2, -0.15) is 5.11 Å². The van der Waals surface area contributed by atoms with Crippen LogP contribution in [0.2, 0.25) is 0 Å². The van der Waals surface area contributed by atoms with Gasteiger partial charge in [0.15, 0.2) is 5.69 Å². The summed E-state index contributed by atoms with van der Waals surface area (Å²) in [7, 11) is 3.81. The molecule has 118 valence electrons. The molecule has 0 aliphatic heterocycles. The van der Waals surface area contributed by atoms with Gasteiger partial charge in [-0.15, -0.1) is 5.11 Å². The number of anilines is 1. The zero-order chi connectivity index (χ0) is 17.0. The Labute approximate surface area is 131 Å². The lowest BCUT2D eigenvalue weighted by Crippen LogP contribution is -2.07. The molecule has 0 aliphatic carbocycles. The van der Waals surface area contributed by atoms with Crippen molar-refractivity contribution in [2.24, 2.45) is 10.2 Å². The molecule has 0 saturated carbocycles. The molecule has 0 aliphatic rings. The molecule has 0 aromatic heterocycles. The first-order chi connectivity index (χ1) is 10.9. The number of nitro benzene ring substituents is 1. The van der Waals surface area contributed by atoms with Crippen LogP contribution in [0.3, 0.4) is 0 Å². The Kier molecular flexibility index (Phi) is 4.65. The number of rotatable bonds is 5. The second-order valence-electron chi connectivity index (χ2n) is 4.88. The van der Waals surface area contributed by atoms with Crippen molar-refractivity contribution in [1.29, 1.82) is 0 Å². The molecule has 0 spiro atoms. The molecule has 2 aromatic rings. The van der Waals surface area contributed by atoms with Gasteiger partial charge in [0, 0.05) is 25.8 Å². The molecule has 0 bridgehead atoms. The highest BCUT2D eigenvalue weighted by molar-refractivity contribution is 5.89. The minimum Gasteiger partial charge on any atom is -0.478 e. The number of hydrogen-bond donors (Lipinski definition) is 1. The third-order valence-corrected chi connectivity index (χ3v) is 3.06. The van der Waals surface area contributed by atoms with E-state index in [1.54, 1.807) is 12.1 Å². The van der Waals surface area contributed by atoms with Crippen LogP contribution >= 0.6 is 0 Å². The summed E-state index contributed by atoms with van der Waals surface area (Å²) < 4.78 is 0. The quantitative estimate of drug-likeness (QED) is 0.513. The van der Waals surface area contributed by atoms with Crippen molar-refractivity contribution in [3.8, 4) is 0 Å². The Morgan fingerprint density at radius 1 is 1.13 bits per heavy atom. The van der Waals surface area contributed by atoms with Crippen molar-refractivity contribution < 1.29 is 14.8 Å². The van der Waals surface area contributed by atoms with Crippen LogP contribution in [-0.2, 0) is 0 Å². The van der Waals surface area contributed by atoms with E-state index in [0.29, 0.717) is 5.69 Å². The monoisotopic (exact) mass is 314 g/mol. The maximum atomic E-state index is 11.0. The molecule has 8 nitrogen and oxygen atoms in total. The maximum absolute atomic E-state index is 11.0. The Morgan fingerprint density at radius 3 is 2.30 bits per heavy atom. The van der Waals surface area contributed by atoms with Crippen LogP contribution in [0.25, 0.3) is 0 Å². The highest BCUT2D eigenvalue weighted by Crippen LogP contribution is 2.30. The number of nitro groups is 1. The van der Waals surface area contributed by atoms with Crippen LogP contribution in [0.15, 0.2) is 52.7 Å². The molecule has 0 heterocycles. The van der Waals surface area contributed by atoms with Gasteiger partial charge in [-0.05, 0) is 36.4 Å². The molecule has 1 N–H and O–H groups in total. The summed E-state index contributed by atoms with van der Waals surface area (Å²) in [5, 5.41) is 27.7. The van der Waals surface area contributed by atoms with Crippen LogP contribution < -0.4 is 4.90 Å². The summed E-state index contributed by atoms with van der Waals surface area (Å²) in [6, 6.07) is 10.6. The van der Waals surface area contributed by atoms with E-state index in [-0.39, 0.29) is 11.3 Å². The van der Waals surface area contributed by atoms with E-state index < -0.39 is 16.6 Å². The van der Waals surface area contributed by atoms with Gasteiger partial charge in [0.2, 0.25) is 0 Å². The summed E-state index contributed by atoms with van der Waals surface area (Å²) in [5.41, 5.74) is 0.939. The highest BCUT2D eigenvalue weighted by Gasteiger charge is 2.17. The number of aromatic carboxylic acids is 1. The molecular weight excluding hydrogens is 300 g/mol. The Hall–Kier alpha value is -3.29. The van der Waals surface area contributed by atoms with Crippen molar-refractivity contribution in [2.75, 3.05) is 19.0 Å². The largest absolute Gasteiger partial charge is 0.478 e. The van der Waals surface area contributed by atoms with Crippen LogP contribution in [0, 0.1) is 10.1 Å². The number of carboxylic acid groups (broad SMARTS) is 1. The standard InChI is InChI=1S/C15H14N4O4/c1-18(2)12-6-4-11(5-7-12)16-17-13-8-3-10(15(20)21)9-14(13)19(22)23/h3-9H,1-2H3,(H,20,21)/b17-16+. The third kappa shape index (κ3) is 3.88. The van der Waals surface area contributed by atoms with E-state index in [0.717, 1.165) is 11.8 Å². The normalized spacial score (nSPS) is 10.7. The predicted octanol–water partition coefficient (Wildman–Crippen LogP) is 3.77. The minimum atomic E-state index is -1.24. The second-order valence-corrected chi connectivity index (χ2v) is 4.88. The van der Waals surface area contributed by atoms with Crippen LogP contribution in [0.1, 0.15) is 10.4 Å². The molecule has 2 rings (SSSR count). The SMILES string of the molecule is CN(C)c1ccc(/N=N/c2ccc(C(=O)O)cc2[N+](=O)[O-])cc1. The molecule has 0 amide bonds. The summed E-state index contributed by atoms with van der Waals surface area (Å²) in [4.78, 5) is 23.1. The number of benzene rings is 2. The van der Waals surface area contributed by atoms with Gasteiger partial charge in [0.05, 0.1) is 16.2 Å². The van der Waals surface area contributed by atoms with Gasteiger partial charge >= 0.3 is 5.97 Å². The number of azo groups is 1. The first-order valence-electron chi connectivity index (χ1n) is 6.59. The number of nitrogens with zero attached hydrogens (tertiary/aromatic N) is 4. The summed E-state index contributed by atoms with van der Waals surface area (Å²) in [5.74, 6) is -1.24. The fraction of sp³-hybridized carbons (Fsp3) is 0.133. The van der Waals surface area contributed by atoms with Gasteiger partial charge in [0.25, 0.3) is 5.69 Å². The minimum absolute atomic E-state index is 0.00307. The van der Waals surface area contributed by atoms with Crippen molar-refractivity contribution in [1.82, 2.24) is 0 Å². The van der Waals surface area contributed by atoms with Crippen LogP contribution in [-0.4, -0.2) is 30.1 Å². The molecule has 8 heteroatoms. The van der Waals surface area contributed by atoms with Gasteiger partial charge < -0.3 is 10.0 Å². The summed E-state index contributed by atoms with van der Waals surface area (Å²) >= 11 is 0. The summed E-state index contributed by atoms with van der Waals surface area (Å²) in [6.07, 6.45) is 0. The van der Waals surface area contributed by atoms with E-state index in [9.17, 15) is 14.9 Å². The van der Waals surface area contributed by atoms with E-state index >= 15 is 0 Å². The maximum Gasteiger partial charge on any atom is 0.335 e. The molecule has 0 unspecified atom stereocenters. The molecule has 2 aromatic carbocycles. The lowest BCUT2D eigenvalue weighted by atomic mass is 10.2. The van der Waals surface area contributed by atoms with Gasteiger partial charge in [0.1, 0.15) is 0 Å². The number of hydrogen-bond acceptors (Lipinski definition) is 6. The van der Waals surface area contributed by atoms with Crippen molar-refractivity contribution in [3.63, 3.8) is 0 Å². The average molecular weight is 314 g/mol. The molecule has 23 heavy (non-hydrogen) atoms. The smallest absolute Gasteiger partial charge is 0.335 e. The second kappa shape index (κ2) is 6.65. The van der Waals surface area contributed by atoms with Crippen LogP contribution in [0.5, 0.6) is 0 Å². The van der Waals surface area contributed by atoms with E-state index in [1.807, 2.05) is 31.1 Å². The van der Waals surface area contributed by atoms with Crippen LogP contribution in [0.4, 0.5) is 22.7 Å². The molecular formula is C15H14N4O4. The Balaban J connectivity index is 2.31.